The maximum Gasteiger partial charge on any atom is 0.347 e. The summed E-state index contributed by atoms with van der Waals surface area (Å²) >= 11 is 0. The van der Waals surface area contributed by atoms with Gasteiger partial charge >= 0.3 is 11.9 Å². The van der Waals surface area contributed by atoms with E-state index in [0.29, 0.717) is 13.0 Å². The Labute approximate surface area is 70.1 Å². The van der Waals surface area contributed by atoms with Gasteiger partial charge in [-0.1, -0.05) is 6.58 Å². The van der Waals surface area contributed by atoms with Crippen LogP contribution in [0.2, 0.25) is 0 Å². The van der Waals surface area contributed by atoms with Gasteiger partial charge in [-0.2, -0.15) is 0 Å². The Hall–Kier alpha value is -1.32. The van der Waals surface area contributed by atoms with Crippen LogP contribution in [-0.2, 0) is 19.1 Å². The third-order valence-electron chi connectivity index (χ3n) is 1.49. The van der Waals surface area contributed by atoms with Crippen LogP contribution < -0.4 is 0 Å². The summed E-state index contributed by atoms with van der Waals surface area (Å²) in [7, 11) is 0. The van der Waals surface area contributed by atoms with Crippen molar-refractivity contribution in [2.24, 2.45) is 0 Å². The van der Waals surface area contributed by atoms with Crippen molar-refractivity contribution < 1.29 is 19.1 Å². The molecule has 0 spiro atoms. The maximum absolute atomic E-state index is 10.9. The minimum Gasteiger partial charge on any atom is -0.463 e. The molecule has 0 aromatic rings. The predicted octanol–water partition coefficient (Wildman–Crippen LogP) is 0.421. The summed E-state index contributed by atoms with van der Waals surface area (Å²) in [5, 5.41) is 0. The quantitative estimate of drug-likeness (QED) is 0.445. The Morgan fingerprint density at radius 1 is 1.75 bits per heavy atom. The van der Waals surface area contributed by atoms with E-state index in [4.69, 9.17) is 4.74 Å². The lowest BCUT2D eigenvalue weighted by Gasteiger charge is -2.06. The molecule has 0 bridgehead atoms. The Morgan fingerprint density at radius 3 is 2.83 bits per heavy atom. The summed E-state index contributed by atoms with van der Waals surface area (Å²) in [4.78, 5) is 21.7. The lowest BCUT2D eigenvalue weighted by Crippen LogP contribution is -2.22. The Kier molecular flexibility index (Phi) is 2.47. The average molecular weight is 170 g/mol. The summed E-state index contributed by atoms with van der Waals surface area (Å²) in [5.74, 6) is -1.01. The third-order valence-corrected chi connectivity index (χ3v) is 1.49. The van der Waals surface area contributed by atoms with Crippen molar-refractivity contribution in [2.45, 2.75) is 19.4 Å². The summed E-state index contributed by atoms with van der Waals surface area (Å²) < 4.78 is 9.37. The Bertz CT molecular complexity index is 231. The highest BCUT2D eigenvalue weighted by atomic mass is 16.6. The fraction of sp³-hybridized carbons (Fsp3) is 0.500. The number of ether oxygens (including phenoxy) is 2. The molecular formula is C8H10O4. The molecule has 0 unspecified atom stereocenters. The molecule has 1 fully saturated rings. The van der Waals surface area contributed by atoms with E-state index < -0.39 is 18.0 Å². The van der Waals surface area contributed by atoms with E-state index in [9.17, 15) is 9.59 Å². The topological polar surface area (TPSA) is 52.6 Å². The number of cyclic esters (lactones) is 1. The van der Waals surface area contributed by atoms with Crippen LogP contribution in [-0.4, -0.2) is 24.6 Å². The summed E-state index contributed by atoms with van der Waals surface area (Å²) in [6, 6.07) is 0. The zero-order valence-corrected chi connectivity index (χ0v) is 6.83. The van der Waals surface area contributed by atoms with E-state index in [1.165, 1.54) is 6.92 Å². The van der Waals surface area contributed by atoms with Crippen LogP contribution in [0.4, 0.5) is 0 Å². The van der Waals surface area contributed by atoms with Gasteiger partial charge in [-0.05, 0) is 6.92 Å². The van der Waals surface area contributed by atoms with E-state index in [-0.39, 0.29) is 5.57 Å². The van der Waals surface area contributed by atoms with Gasteiger partial charge in [-0.3, -0.25) is 0 Å². The van der Waals surface area contributed by atoms with Gasteiger partial charge in [0.2, 0.25) is 6.10 Å². The van der Waals surface area contributed by atoms with Crippen LogP contribution in [0.1, 0.15) is 13.3 Å². The van der Waals surface area contributed by atoms with Crippen LogP contribution >= 0.6 is 0 Å². The maximum atomic E-state index is 10.9. The van der Waals surface area contributed by atoms with Crippen LogP contribution in [0.15, 0.2) is 12.2 Å². The SMILES string of the molecule is C=C(C)C(=O)O[C@H]1CCOC1=O. The molecule has 1 saturated heterocycles. The van der Waals surface area contributed by atoms with Gasteiger partial charge in [0.25, 0.3) is 0 Å². The molecule has 1 heterocycles. The van der Waals surface area contributed by atoms with Crippen molar-refractivity contribution >= 4 is 11.9 Å². The first kappa shape index (κ1) is 8.77. The molecular weight excluding hydrogens is 160 g/mol. The second-order valence-electron chi connectivity index (χ2n) is 2.63. The van der Waals surface area contributed by atoms with Gasteiger partial charge < -0.3 is 9.47 Å². The first-order valence-electron chi connectivity index (χ1n) is 3.64. The van der Waals surface area contributed by atoms with E-state index >= 15 is 0 Å². The van der Waals surface area contributed by atoms with Crippen LogP contribution in [0.3, 0.4) is 0 Å². The van der Waals surface area contributed by atoms with Gasteiger partial charge in [0.05, 0.1) is 6.61 Å². The molecule has 66 valence electrons. The first-order valence-corrected chi connectivity index (χ1v) is 3.64. The fourth-order valence-electron chi connectivity index (χ4n) is 0.814. The van der Waals surface area contributed by atoms with E-state index in [0.717, 1.165) is 0 Å². The number of esters is 2. The molecule has 0 aromatic heterocycles. The van der Waals surface area contributed by atoms with Gasteiger partial charge in [0.1, 0.15) is 0 Å². The predicted molar refractivity (Wildman–Crippen MR) is 40.3 cm³/mol. The van der Waals surface area contributed by atoms with E-state index in [1.807, 2.05) is 0 Å². The number of rotatable bonds is 2. The van der Waals surface area contributed by atoms with Crippen molar-refractivity contribution in [2.75, 3.05) is 6.61 Å². The minimum absolute atomic E-state index is 0.287. The molecule has 1 rings (SSSR count). The Morgan fingerprint density at radius 2 is 2.42 bits per heavy atom. The van der Waals surface area contributed by atoms with E-state index in [2.05, 4.69) is 11.3 Å². The van der Waals surface area contributed by atoms with Crippen molar-refractivity contribution in [1.82, 2.24) is 0 Å². The van der Waals surface area contributed by atoms with Crippen molar-refractivity contribution in [3.8, 4) is 0 Å². The number of carbonyl (C=O) groups excluding carboxylic acids is 2. The largest absolute Gasteiger partial charge is 0.463 e. The zero-order valence-electron chi connectivity index (χ0n) is 6.83. The van der Waals surface area contributed by atoms with E-state index in [1.54, 1.807) is 0 Å². The highest BCUT2D eigenvalue weighted by Gasteiger charge is 2.30. The molecule has 1 atom stereocenters. The monoisotopic (exact) mass is 170 g/mol. The number of hydrogen-bond donors (Lipinski definition) is 0. The van der Waals surface area contributed by atoms with Gasteiger partial charge in [0, 0.05) is 12.0 Å². The molecule has 0 saturated carbocycles. The second-order valence-corrected chi connectivity index (χ2v) is 2.63. The molecule has 4 nitrogen and oxygen atoms in total. The summed E-state index contributed by atoms with van der Waals surface area (Å²) in [6.07, 6.45) is -0.285. The second kappa shape index (κ2) is 3.38. The summed E-state index contributed by atoms with van der Waals surface area (Å²) in [6.45, 7) is 5.25. The normalized spacial score (nSPS) is 21.8. The molecule has 12 heavy (non-hydrogen) atoms. The first-order chi connectivity index (χ1) is 5.61. The number of hydrogen-bond acceptors (Lipinski definition) is 4. The van der Waals surface area contributed by atoms with Gasteiger partial charge in [-0.15, -0.1) is 0 Å². The number of carbonyl (C=O) groups is 2. The zero-order chi connectivity index (χ0) is 9.14. The Balaban J connectivity index is 2.46. The summed E-state index contributed by atoms with van der Waals surface area (Å²) in [5.41, 5.74) is 0.287. The molecule has 0 radical (unpaired) electrons. The molecule has 1 aliphatic rings. The molecule has 0 aromatic carbocycles. The molecule has 0 aliphatic carbocycles. The standard InChI is InChI=1S/C8H10O4/c1-5(2)7(9)12-6-3-4-11-8(6)10/h6H,1,3-4H2,2H3/t6-/m0/s1. The highest BCUT2D eigenvalue weighted by molar-refractivity contribution is 5.89. The van der Waals surface area contributed by atoms with Gasteiger partial charge in [-0.25, -0.2) is 9.59 Å². The highest BCUT2D eigenvalue weighted by Crippen LogP contribution is 2.11. The molecule has 1 aliphatic heterocycles. The minimum atomic E-state index is -0.728. The smallest absolute Gasteiger partial charge is 0.347 e. The van der Waals surface area contributed by atoms with Crippen LogP contribution in [0.25, 0.3) is 0 Å². The van der Waals surface area contributed by atoms with Crippen molar-refractivity contribution in [3.63, 3.8) is 0 Å². The van der Waals surface area contributed by atoms with Crippen LogP contribution in [0, 0.1) is 0 Å². The third kappa shape index (κ3) is 1.84. The van der Waals surface area contributed by atoms with Crippen molar-refractivity contribution in [3.05, 3.63) is 12.2 Å². The van der Waals surface area contributed by atoms with Gasteiger partial charge in [0.15, 0.2) is 0 Å². The molecule has 0 N–H and O–H groups in total. The molecule has 4 heteroatoms. The van der Waals surface area contributed by atoms with Crippen LogP contribution in [0.5, 0.6) is 0 Å². The van der Waals surface area contributed by atoms with Crippen molar-refractivity contribution in [1.29, 1.82) is 0 Å². The average Bonchev–Trinajstić information content (AvgIpc) is 2.36. The fourth-order valence-corrected chi connectivity index (χ4v) is 0.814. The molecule has 0 amide bonds. The lowest BCUT2D eigenvalue weighted by molar-refractivity contribution is -0.157. The lowest BCUT2D eigenvalue weighted by atomic mass is 10.3.